The van der Waals surface area contributed by atoms with Gasteiger partial charge in [0.2, 0.25) is 0 Å². The topological polar surface area (TPSA) is 105 Å². The Balaban J connectivity index is 1.88. The molecular formula is C16H22N4O4. The molecule has 0 radical (unpaired) electrons. The molecule has 8 nitrogen and oxygen atoms in total. The minimum atomic E-state index is -0.813. The summed E-state index contributed by atoms with van der Waals surface area (Å²) < 4.78 is 0. The average Bonchev–Trinajstić information content (AvgIpc) is 2.55. The predicted octanol–water partition coefficient (Wildman–Crippen LogP) is 1.30. The highest BCUT2D eigenvalue weighted by Crippen LogP contribution is 2.21. The molecule has 0 aliphatic carbocycles. The van der Waals surface area contributed by atoms with Crippen molar-refractivity contribution >= 4 is 23.2 Å². The molecule has 0 unspecified atom stereocenters. The molecule has 1 aromatic carbocycles. The van der Waals surface area contributed by atoms with E-state index in [2.05, 4.69) is 22.6 Å². The highest BCUT2D eigenvalue weighted by Gasteiger charge is 2.20. The van der Waals surface area contributed by atoms with E-state index in [9.17, 15) is 19.7 Å². The average molecular weight is 334 g/mol. The van der Waals surface area contributed by atoms with Crippen LogP contribution in [0, 0.1) is 23.0 Å². The number of benzene rings is 1. The third kappa shape index (κ3) is 4.76. The van der Waals surface area contributed by atoms with E-state index < -0.39 is 16.7 Å². The molecule has 1 fully saturated rings. The molecular weight excluding hydrogens is 312 g/mol. The van der Waals surface area contributed by atoms with Gasteiger partial charge in [-0.1, -0.05) is 6.07 Å². The summed E-state index contributed by atoms with van der Waals surface area (Å²) >= 11 is 0. The standard InChI is InChI=1S/C16H22N4O4/c1-11-3-4-13(20(23)24)9-14(11)18-16(22)15(21)17-10-12-5-7-19(2)8-6-12/h3-4,9,12H,5-8,10H2,1-2H3,(H,17,21)(H,18,22). The van der Waals surface area contributed by atoms with Crippen LogP contribution in [-0.2, 0) is 9.59 Å². The number of amides is 2. The lowest BCUT2D eigenvalue weighted by Crippen LogP contribution is -2.41. The van der Waals surface area contributed by atoms with Gasteiger partial charge in [0.25, 0.3) is 5.69 Å². The Kier molecular flexibility index (Phi) is 5.86. The van der Waals surface area contributed by atoms with Gasteiger partial charge in [0, 0.05) is 18.7 Å². The third-order valence-corrected chi connectivity index (χ3v) is 4.28. The van der Waals surface area contributed by atoms with Crippen LogP contribution in [-0.4, -0.2) is 48.3 Å². The Morgan fingerprint density at radius 3 is 2.58 bits per heavy atom. The summed E-state index contributed by atoms with van der Waals surface area (Å²) in [6.45, 7) is 4.14. The first-order chi connectivity index (χ1) is 11.4. The van der Waals surface area contributed by atoms with Crippen LogP contribution in [0.25, 0.3) is 0 Å². The molecule has 0 atom stereocenters. The molecule has 2 N–H and O–H groups in total. The second-order valence-corrected chi connectivity index (χ2v) is 6.17. The van der Waals surface area contributed by atoms with Crippen molar-refractivity contribution in [1.29, 1.82) is 0 Å². The maximum Gasteiger partial charge on any atom is 0.313 e. The molecule has 2 rings (SSSR count). The second kappa shape index (κ2) is 7.87. The summed E-state index contributed by atoms with van der Waals surface area (Å²) in [6.07, 6.45) is 1.98. The smallest absolute Gasteiger partial charge is 0.313 e. The number of hydrogen-bond acceptors (Lipinski definition) is 5. The van der Waals surface area contributed by atoms with Crippen molar-refractivity contribution in [1.82, 2.24) is 10.2 Å². The van der Waals surface area contributed by atoms with Gasteiger partial charge in [-0.05, 0) is 51.4 Å². The lowest BCUT2D eigenvalue weighted by molar-refractivity contribution is -0.384. The molecule has 1 aliphatic rings. The molecule has 0 saturated carbocycles. The molecule has 1 saturated heterocycles. The highest BCUT2D eigenvalue weighted by molar-refractivity contribution is 6.39. The minimum absolute atomic E-state index is 0.136. The highest BCUT2D eigenvalue weighted by atomic mass is 16.6. The quantitative estimate of drug-likeness (QED) is 0.490. The first-order valence-electron chi connectivity index (χ1n) is 7.89. The summed E-state index contributed by atoms with van der Waals surface area (Å²) in [4.78, 5) is 36.4. The van der Waals surface area contributed by atoms with Gasteiger partial charge in [-0.15, -0.1) is 0 Å². The van der Waals surface area contributed by atoms with Gasteiger partial charge >= 0.3 is 11.8 Å². The zero-order chi connectivity index (χ0) is 17.7. The minimum Gasteiger partial charge on any atom is -0.348 e. The molecule has 1 aliphatic heterocycles. The molecule has 0 aromatic heterocycles. The summed E-state index contributed by atoms with van der Waals surface area (Å²) in [5, 5.41) is 15.9. The number of nitro groups is 1. The van der Waals surface area contributed by atoms with Crippen molar-refractivity contribution in [2.75, 3.05) is 32.0 Å². The van der Waals surface area contributed by atoms with Crippen LogP contribution >= 0.6 is 0 Å². The van der Waals surface area contributed by atoms with E-state index >= 15 is 0 Å². The number of carbonyl (C=O) groups excluding carboxylic acids is 2. The summed E-state index contributed by atoms with van der Waals surface area (Å²) in [5.74, 6) is -1.16. The van der Waals surface area contributed by atoms with Crippen LogP contribution in [0.5, 0.6) is 0 Å². The Morgan fingerprint density at radius 1 is 1.29 bits per heavy atom. The number of non-ortho nitro benzene ring substituents is 1. The Labute approximate surface area is 140 Å². The largest absolute Gasteiger partial charge is 0.348 e. The number of anilines is 1. The SMILES string of the molecule is Cc1ccc([N+](=O)[O-])cc1NC(=O)C(=O)NCC1CCN(C)CC1. The van der Waals surface area contributed by atoms with Crippen LogP contribution < -0.4 is 10.6 Å². The Morgan fingerprint density at radius 2 is 1.96 bits per heavy atom. The van der Waals surface area contributed by atoms with E-state index in [1.807, 2.05) is 0 Å². The van der Waals surface area contributed by atoms with Gasteiger partial charge in [-0.3, -0.25) is 19.7 Å². The lowest BCUT2D eigenvalue weighted by Gasteiger charge is -2.28. The number of nitrogens with zero attached hydrogens (tertiary/aromatic N) is 2. The number of hydrogen-bond donors (Lipinski definition) is 2. The second-order valence-electron chi connectivity index (χ2n) is 6.17. The van der Waals surface area contributed by atoms with Crippen molar-refractivity contribution in [3.63, 3.8) is 0 Å². The first-order valence-corrected chi connectivity index (χ1v) is 7.89. The van der Waals surface area contributed by atoms with Gasteiger partial charge in [0.15, 0.2) is 0 Å². The normalized spacial score (nSPS) is 15.8. The first kappa shape index (κ1) is 17.9. The lowest BCUT2D eigenvalue weighted by atomic mass is 9.97. The molecule has 1 aromatic rings. The van der Waals surface area contributed by atoms with E-state index in [1.165, 1.54) is 18.2 Å². The van der Waals surface area contributed by atoms with Crippen LogP contribution in [0.1, 0.15) is 18.4 Å². The van der Waals surface area contributed by atoms with Crippen molar-refractivity contribution < 1.29 is 14.5 Å². The van der Waals surface area contributed by atoms with Crippen LogP contribution in [0.2, 0.25) is 0 Å². The zero-order valence-corrected chi connectivity index (χ0v) is 13.9. The fourth-order valence-corrected chi connectivity index (χ4v) is 2.62. The van der Waals surface area contributed by atoms with Crippen molar-refractivity contribution in [3.8, 4) is 0 Å². The molecule has 8 heteroatoms. The molecule has 24 heavy (non-hydrogen) atoms. The number of piperidine rings is 1. The van der Waals surface area contributed by atoms with Crippen molar-refractivity contribution in [2.24, 2.45) is 5.92 Å². The fourth-order valence-electron chi connectivity index (χ4n) is 2.62. The summed E-state index contributed by atoms with van der Waals surface area (Å²) in [5.41, 5.74) is 0.781. The van der Waals surface area contributed by atoms with Crippen LogP contribution in [0.15, 0.2) is 18.2 Å². The molecule has 130 valence electrons. The van der Waals surface area contributed by atoms with Gasteiger partial charge in [0.1, 0.15) is 0 Å². The summed E-state index contributed by atoms with van der Waals surface area (Å²) in [7, 11) is 2.06. The van der Waals surface area contributed by atoms with Gasteiger partial charge in [-0.2, -0.15) is 0 Å². The van der Waals surface area contributed by atoms with E-state index in [1.54, 1.807) is 6.92 Å². The van der Waals surface area contributed by atoms with E-state index in [-0.39, 0.29) is 11.4 Å². The number of carbonyl (C=O) groups is 2. The molecule has 0 spiro atoms. The molecule has 0 bridgehead atoms. The summed E-state index contributed by atoms with van der Waals surface area (Å²) in [6, 6.07) is 4.13. The number of aryl methyl sites for hydroxylation is 1. The van der Waals surface area contributed by atoms with Crippen molar-refractivity contribution in [3.05, 3.63) is 33.9 Å². The number of nitrogens with one attached hydrogen (secondary N) is 2. The van der Waals surface area contributed by atoms with Crippen LogP contribution in [0.4, 0.5) is 11.4 Å². The maximum absolute atomic E-state index is 12.0. The molecule has 2 amide bonds. The van der Waals surface area contributed by atoms with Crippen molar-refractivity contribution in [2.45, 2.75) is 19.8 Å². The predicted molar refractivity (Wildman–Crippen MR) is 89.7 cm³/mol. The van der Waals surface area contributed by atoms with E-state index in [0.717, 1.165) is 25.9 Å². The number of nitro benzene ring substituents is 1. The maximum atomic E-state index is 12.0. The monoisotopic (exact) mass is 334 g/mol. The Bertz CT molecular complexity index is 639. The van der Waals surface area contributed by atoms with Gasteiger partial charge < -0.3 is 15.5 Å². The third-order valence-electron chi connectivity index (χ3n) is 4.28. The number of likely N-dealkylation sites (tertiary alicyclic amines) is 1. The van der Waals surface area contributed by atoms with Gasteiger partial charge in [0.05, 0.1) is 10.6 Å². The zero-order valence-electron chi connectivity index (χ0n) is 13.9. The number of rotatable bonds is 4. The van der Waals surface area contributed by atoms with Crippen LogP contribution in [0.3, 0.4) is 0 Å². The van der Waals surface area contributed by atoms with E-state index in [4.69, 9.17) is 0 Å². The molecule has 1 heterocycles. The van der Waals surface area contributed by atoms with E-state index in [0.29, 0.717) is 18.0 Å². The Hall–Kier alpha value is -2.48. The van der Waals surface area contributed by atoms with Gasteiger partial charge in [-0.25, -0.2) is 0 Å². The fraction of sp³-hybridized carbons (Fsp3) is 0.500.